The Labute approximate surface area is 156 Å². The Balaban J connectivity index is 1.50. The van der Waals surface area contributed by atoms with Gasteiger partial charge in [-0.1, -0.05) is 30.1 Å². The van der Waals surface area contributed by atoms with E-state index in [0.717, 1.165) is 35.0 Å². The molecule has 27 heavy (non-hydrogen) atoms. The van der Waals surface area contributed by atoms with E-state index in [-0.39, 0.29) is 11.9 Å². The second-order valence-corrected chi connectivity index (χ2v) is 6.85. The van der Waals surface area contributed by atoms with Gasteiger partial charge in [-0.2, -0.15) is 0 Å². The number of anilines is 1. The fraction of sp³-hybridized carbons (Fsp3) is 0.190. The van der Waals surface area contributed by atoms with Crippen LogP contribution in [0, 0.1) is 11.8 Å². The maximum absolute atomic E-state index is 12.2. The molecule has 2 aliphatic rings. The molecule has 0 atom stereocenters. The third kappa shape index (κ3) is 3.04. The van der Waals surface area contributed by atoms with Gasteiger partial charge in [0.05, 0.1) is 17.0 Å². The van der Waals surface area contributed by atoms with Crippen LogP contribution >= 0.6 is 0 Å². The lowest BCUT2D eigenvalue weighted by Crippen LogP contribution is -2.26. The quantitative estimate of drug-likeness (QED) is 0.558. The maximum Gasteiger partial charge on any atom is 0.252 e. The van der Waals surface area contributed by atoms with Gasteiger partial charge in [0.2, 0.25) is 0 Å². The predicted molar refractivity (Wildman–Crippen MR) is 103 cm³/mol. The molecule has 1 amide bonds. The van der Waals surface area contributed by atoms with Crippen molar-refractivity contribution in [1.29, 1.82) is 0 Å². The lowest BCUT2D eigenvalue weighted by atomic mass is 10.1. The predicted octanol–water partition coefficient (Wildman–Crippen LogP) is 2.42. The molecule has 2 heterocycles. The highest BCUT2D eigenvalue weighted by Crippen LogP contribution is 2.39. The summed E-state index contributed by atoms with van der Waals surface area (Å²) in [5.74, 6) is 6.68. The van der Waals surface area contributed by atoms with Crippen LogP contribution < -0.4 is 11.1 Å². The highest BCUT2D eigenvalue weighted by molar-refractivity contribution is 5.95. The van der Waals surface area contributed by atoms with E-state index in [1.807, 2.05) is 30.5 Å². The van der Waals surface area contributed by atoms with Crippen molar-refractivity contribution in [2.45, 2.75) is 24.9 Å². The first kappa shape index (κ1) is 15.6. The molecule has 0 aliphatic heterocycles. The van der Waals surface area contributed by atoms with Gasteiger partial charge in [0.1, 0.15) is 17.8 Å². The van der Waals surface area contributed by atoms with Crippen LogP contribution in [-0.2, 0) is 0 Å². The molecule has 6 heteroatoms. The molecule has 2 aliphatic carbocycles. The van der Waals surface area contributed by atoms with Crippen LogP contribution in [0.2, 0.25) is 0 Å². The number of amides is 1. The Morgan fingerprint density at radius 2 is 2.07 bits per heavy atom. The third-order valence-corrected chi connectivity index (χ3v) is 4.73. The van der Waals surface area contributed by atoms with Gasteiger partial charge in [0.25, 0.3) is 5.91 Å². The van der Waals surface area contributed by atoms with E-state index < -0.39 is 0 Å². The first-order valence-electron chi connectivity index (χ1n) is 8.91. The Hall–Kier alpha value is -3.59. The fourth-order valence-corrected chi connectivity index (χ4v) is 3.10. The molecule has 2 aromatic heterocycles. The van der Waals surface area contributed by atoms with Crippen LogP contribution in [0.3, 0.4) is 0 Å². The Bertz CT molecular complexity index is 1150. The zero-order chi connectivity index (χ0) is 18.4. The minimum atomic E-state index is -0.100. The van der Waals surface area contributed by atoms with Gasteiger partial charge in [-0.15, -0.1) is 0 Å². The SMILES string of the molecule is Nc1ncnc2c1c(C#Cc1cccc(C(=O)NC3C=C3)c1)cn2C1CC1. The summed E-state index contributed by atoms with van der Waals surface area (Å²) in [6.07, 6.45) is 9.66. The van der Waals surface area contributed by atoms with Crippen LogP contribution in [0.4, 0.5) is 5.82 Å². The summed E-state index contributed by atoms with van der Waals surface area (Å²) in [6.45, 7) is 0. The lowest BCUT2D eigenvalue weighted by molar-refractivity contribution is 0.0953. The number of carbonyl (C=O) groups is 1. The molecule has 6 nitrogen and oxygen atoms in total. The number of nitrogens with one attached hydrogen (secondary N) is 1. The van der Waals surface area contributed by atoms with Crippen molar-refractivity contribution in [2.75, 3.05) is 5.73 Å². The summed E-state index contributed by atoms with van der Waals surface area (Å²) in [5.41, 5.74) is 9.10. The number of hydrogen-bond donors (Lipinski definition) is 2. The van der Waals surface area contributed by atoms with E-state index in [2.05, 4.69) is 31.7 Å². The number of nitrogens with zero attached hydrogens (tertiary/aromatic N) is 3. The van der Waals surface area contributed by atoms with Crippen molar-refractivity contribution >= 4 is 22.8 Å². The molecule has 0 radical (unpaired) electrons. The van der Waals surface area contributed by atoms with Gasteiger partial charge >= 0.3 is 0 Å². The Kier molecular flexibility index (Phi) is 3.47. The number of hydrogen-bond acceptors (Lipinski definition) is 4. The van der Waals surface area contributed by atoms with Crippen LogP contribution in [0.25, 0.3) is 11.0 Å². The zero-order valence-corrected chi connectivity index (χ0v) is 14.5. The maximum atomic E-state index is 12.2. The van der Waals surface area contributed by atoms with Gasteiger partial charge in [-0.25, -0.2) is 9.97 Å². The normalized spacial score (nSPS) is 15.4. The molecule has 132 valence electrons. The van der Waals surface area contributed by atoms with Gasteiger partial charge < -0.3 is 15.6 Å². The molecule has 0 saturated heterocycles. The van der Waals surface area contributed by atoms with Gasteiger partial charge in [0.15, 0.2) is 0 Å². The molecule has 5 rings (SSSR count). The Morgan fingerprint density at radius 1 is 1.22 bits per heavy atom. The van der Waals surface area contributed by atoms with E-state index >= 15 is 0 Å². The topological polar surface area (TPSA) is 85.8 Å². The molecule has 0 bridgehead atoms. The van der Waals surface area contributed by atoms with Crippen LogP contribution in [-0.4, -0.2) is 26.5 Å². The van der Waals surface area contributed by atoms with E-state index in [1.54, 1.807) is 12.1 Å². The van der Waals surface area contributed by atoms with Crippen molar-refractivity contribution in [3.8, 4) is 11.8 Å². The average molecular weight is 355 g/mol. The van der Waals surface area contributed by atoms with Crippen LogP contribution in [0.1, 0.15) is 40.4 Å². The summed E-state index contributed by atoms with van der Waals surface area (Å²) in [6, 6.07) is 7.87. The third-order valence-electron chi connectivity index (χ3n) is 4.73. The van der Waals surface area contributed by atoms with Crippen LogP contribution in [0.5, 0.6) is 0 Å². The van der Waals surface area contributed by atoms with Crippen molar-refractivity contribution in [1.82, 2.24) is 19.9 Å². The summed E-state index contributed by atoms with van der Waals surface area (Å²) < 4.78 is 2.14. The zero-order valence-electron chi connectivity index (χ0n) is 14.5. The first-order chi connectivity index (χ1) is 13.2. The second kappa shape index (κ2) is 5.99. The van der Waals surface area contributed by atoms with Crippen molar-refractivity contribution in [3.63, 3.8) is 0 Å². The standard InChI is InChI=1S/C21H17N5O/c22-19-18-15(11-26(17-8-9-17)20(18)24-12-23-19)5-4-13-2-1-3-14(10-13)21(27)25-16-6-7-16/h1-3,6-7,10-12,16-17H,8-9H2,(H,25,27)(H2,22,23,24). The molecule has 3 N–H and O–H groups in total. The average Bonchev–Trinajstić information content (AvgIpc) is 3.60. The minimum absolute atomic E-state index is 0.0868. The number of carbonyl (C=O) groups excluding carboxylic acids is 1. The summed E-state index contributed by atoms with van der Waals surface area (Å²) in [5, 5.41) is 3.69. The summed E-state index contributed by atoms with van der Waals surface area (Å²) in [4.78, 5) is 20.7. The molecular formula is C21H17N5O. The van der Waals surface area contributed by atoms with Gasteiger partial charge in [0, 0.05) is 23.4 Å². The van der Waals surface area contributed by atoms with E-state index in [4.69, 9.17) is 5.73 Å². The first-order valence-corrected chi connectivity index (χ1v) is 8.91. The smallest absolute Gasteiger partial charge is 0.252 e. The number of nitrogens with two attached hydrogens (primary N) is 1. The number of benzene rings is 1. The molecule has 0 spiro atoms. The number of nitrogen functional groups attached to an aromatic ring is 1. The molecule has 1 aromatic carbocycles. The second-order valence-electron chi connectivity index (χ2n) is 6.85. The van der Waals surface area contributed by atoms with E-state index in [1.165, 1.54) is 6.33 Å². The van der Waals surface area contributed by atoms with Crippen molar-refractivity contribution in [3.05, 3.63) is 65.6 Å². The largest absolute Gasteiger partial charge is 0.383 e. The molecule has 1 fully saturated rings. The number of fused-ring (bicyclic) bond motifs is 1. The molecular weight excluding hydrogens is 338 g/mol. The molecule has 0 unspecified atom stereocenters. The fourth-order valence-electron chi connectivity index (χ4n) is 3.10. The highest BCUT2D eigenvalue weighted by atomic mass is 16.1. The van der Waals surface area contributed by atoms with Gasteiger partial charge in [-0.3, -0.25) is 4.79 Å². The van der Waals surface area contributed by atoms with Gasteiger partial charge in [-0.05, 0) is 31.0 Å². The van der Waals surface area contributed by atoms with E-state index in [0.29, 0.717) is 17.4 Å². The lowest BCUT2D eigenvalue weighted by Gasteiger charge is -2.03. The summed E-state index contributed by atoms with van der Waals surface area (Å²) >= 11 is 0. The molecule has 3 aromatic rings. The van der Waals surface area contributed by atoms with Crippen LogP contribution in [0.15, 0.2) is 48.9 Å². The minimum Gasteiger partial charge on any atom is -0.383 e. The Morgan fingerprint density at radius 3 is 2.85 bits per heavy atom. The number of aromatic nitrogens is 3. The van der Waals surface area contributed by atoms with Crippen molar-refractivity contribution < 1.29 is 4.79 Å². The van der Waals surface area contributed by atoms with E-state index in [9.17, 15) is 4.79 Å². The summed E-state index contributed by atoms with van der Waals surface area (Å²) in [7, 11) is 0. The van der Waals surface area contributed by atoms with Crippen molar-refractivity contribution in [2.24, 2.45) is 0 Å². The number of rotatable bonds is 3. The highest BCUT2D eigenvalue weighted by Gasteiger charge is 2.27. The monoisotopic (exact) mass is 355 g/mol. The molecule has 1 saturated carbocycles.